The van der Waals surface area contributed by atoms with Gasteiger partial charge in [0.25, 0.3) is 0 Å². The topological polar surface area (TPSA) is 116 Å². The Kier molecular flexibility index (Phi) is 7.37. The maximum atomic E-state index is 12.7. The van der Waals surface area contributed by atoms with Crippen molar-refractivity contribution in [2.45, 2.75) is 45.5 Å². The molecule has 0 spiro atoms. The molecule has 0 bridgehead atoms. The summed E-state index contributed by atoms with van der Waals surface area (Å²) in [6.07, 6.45) is 2.37. The summed E-state index contributed by atoms with van der Waals surface area (Å²) in [5.74, 6) is -1.84. The monoisotopic (exact) mass is 389 g/mol. The number of cyclic esters (lactones) is 1. The van der Waals surface area contributed by atoms with E-state index in [0.29, 0.717) is 17.8 Å². The molecule has 152 valence electrons. The molecule has 0 fully saturated rings. The van der Waals surface area contributed by atoms with E-state index >= 15 is 0 Å². The Labute approximate surface area is 164 Å². The molecule has 0 amide bonds. The molecule has 1 aromatic rings. The van der Waals surface area contributed by atoms with E-state index in [2.05, 4.69) is 5.32 Å². The van der Waals surface area contributed by atoms with Crippen molar-refractivity contribution in [1.29, 1.82) is 0 Å². The molecule has 1 aliphatic rings. The number of benzene rings is 1. The SMILES string of the molecule is CCNc1cc(O)c2c(c1)/C=C/C[C@@H](O)[C@H](O)C(=O)/C=C\[C@H](C)[C@H](C)OC2=O. The Morgan fingerprint density at radius 3 is 2.57 bits per heavy atom. The number of fused-ring (bicyclic) bond motifs is 1. The number of esters is 1. The van der Waals surface area contributed by atoms with E-state index in [9.17, 15) is 24.9 Å². The van der Waals surface area contributed by atoms with Crippen LogP contribution >= 0.6 is 0 Å². The molecule has 2 rings (SSSR count). The molecule has 0 aromatic heterocycles. The zero-order chi connectivity index (χ0) is 20.8. The molecule has 4 N–H and O–H groups in total. The maximum Gasteiger partial charge on any atom is 0.342 e. The Balaban J connectivity index is 2.50. The number of nitrogens with one attached hydrogen (secondary N) is 1. The molecule has 7 heteroatoms. The van der Waals surface area contributed by atoms with Gasteiger partial charge in [0, 0.05) is 24.2 Å². The molecule has 0 radical (unpaired) electrons. The number of hydrogen-bond acceptors (Lipinski definition) is 7. The van der Waals surface area contributed by atoms with Crippen molar-refractivity contribution in [2.24, 2.45) is 5.92 Å². The van der Waals surface area contributed by atoms with Gasteiger partial charge in [0.05, 0.1) is 6.10 Å². The highest BCUT2D eigenvalue weighted by molar-refractivity contribution is 5.97. The number of aromatic hydroxyl groups is 1. The van der Waals surface area contributed by atoms with Crippen LogP contribution in [-0.4, -0.2) is 51.9 Å². The molecule has 0 aliphatic carbocycles. The highest BCUT2D eigenvalue weighted by atomic mass is 16.5. The van der Waals surface area contributed by atoms with Crippen LogP contribution in [0.1, 0.15) is 43.1 Å². The van der Waals surface area contributed by atoms with E-state index in [1.54, 1.807) is 26.0 Å². The van der Waals surface area contributed by atoms with E-state index in [1.807, 2.05) is 6.92 Å². The molecule has 4 atom stereocenters. The summed E-state index contributed by atoms with van der Waals surface area (Å²) in [5.41, 5.74) is 1.04. The van der Waals surface area contributed by atoms with E-state index in [1.165, 1.54) is 24.3 Å². The first kappa shape index (κ1) is 21.7. The van der Waals surface area contributed by atoms with Gasteiger partial charge in [0.1, 0.15) is 23.5 Å². The second kappa shape index (κ2) is 9.52. The van der Waals surface area contributed by atoms with Gasteiger partial charge in [-0.15, -0.1) is 0 Å². The van der Waals surface area contributed by atoms with Crippen molar-refractivity contribution in [3.05, 3.63) is 41.5 Å². The van der Waals surface area contributed by atoms with Crippen LogP contribution in [0.5, 0.6) is 5.75 Å². The molecular formula is C21H27NO6. The van der Waals surface area contributed by atoms with Gasteiger partial charge in [-0.05, 0) is 38.0 Å². The quantitative estimate of drug-likeness (QED) is 0.573. The molecule has 7 nitrogen and oxygen atoms in total. The standard InChI is InChI=1S/C21H27NO6/c1-4-22-15-10-14-6-5-7-16(23)20(26)17(24)9-8-12(2)13(3)28-21(27)19(14)18(25)11-15/h5-6,8-13,16,20,22-23,25-26H,4,7H2,1-3H3/b6-5+,9-8-/t12-,13-,16+,20-/m0/s1. The molecule has 0 saturated heterocycles. The summed E-state index contributed by atoms with van der Waals surface area (Å²) in [5, 5.41) is 33.5. The fourth-order valence-corrected chi connectivity index (χ4v) is 2.80. The molecule has 28 heavy (non-hydrogen) atoms. The highest BCUT2D eigenvalue weighted by Gasteiger charge is 2.25. The third-order valence-electron chi connectivity index (χ3n) is 4.66. The lowest BCUT2D eigenvalue weighted by Crippen LogP contribution is -2.32. The van der Waals surface area contributed by atoms with Crippen LogP contribution in [0.4, 0.5) is 5.69 Å². The molecule has 1 aliphatic heterocycles. The number of carbonyl (C=O) groups is 2. The number of ketones is 1. The van der Waals surface area contributed by atoms with E-state index in [-0.39, 0.29) is 23.7 Å². The van der Waals surface area contributed by atoms with E-state index in [4.69, 9.17) is 4.74 Å². The van der Waals surface area contributed by atoms with Gasteiger partial charge in [-0.25, -0.2) is 4.79 Å². The predicted octanol–water partition coefficient (Wildman–Crippen LogP) is 2.27. The van der Waals surface area contributed by atoms with E-state index < -0.39 is 30.1 Å². The minimum Gasteiger partial charge on any atom is -0.507 e. The summed E-state index contributed by atoms with van der Waals surface area (Å²) < 4.78 is 5.47. The summed E-state index contributed by atoms with van der Waals surface area (Å²) in [6, 6.07) is 3.13. The summed E-state index contributed by atoms with van der Waals surface area (Å²) in [4.78, 5) is 24.7. The van der Waals surface area contributed by atoms with Crippen LogP contribution in [0.2, 0.25) is 0 Å². The zero-order valence-corrected chi connectivity index (χ0v) is 16.3. The van der Waals surface area contributed by atoms with Crippen molar-refractivity contribution < 1.29 is 29.6 Å². The normalized spacial score (nSPS) is 28.6. The maximum absolute atomic E-state index is 12.7. The number of hydrogen-bond donors (Lipinski definition) is 4. The van der Waals surface area contributed by atoms with Crippen molar-refractivity contribution in [3.63, 3.8) is 0 Å². The lowest BCUT2D eigenvalue weighted by atomic mass is 9.99. The molecular weight excluding hydrogens is 362 g/mol. The first-order valence-corrected chi connectivity index (χ1v) is 9.31. The van der Waals surface area contributed by atoms with Gasteiger partial charge >= 0.3 is 5.97 Å². The number of anilines is 1. The minimum absolute atomic E-state index is 0.00656. The van der Waals surface area contributed by atoms with Crippen LogP contribution in [0, 0.1) is 5.92 Å². The number of aliphatic hydroxyl groups excluding tert-OH is 2. The lowest BCUT2D eigenvalue weighted by Gasteiger charge is -2.20. The lowest BCUT2D eigenvalue weighted by molar-refractivity contribution is -0.127. The van der Waals surface area contributed by atoms with Crippen molar-refractivity contribution in [2.75, 3.05) is 11.9 Å². The zero-order valence-electron chi connectivity index (χ0n) is 16.3. The fourth-order valence-electron chi connectivity index (χ4n) is 2.80. The van der Waals surface area contributed by atoms with Gasteiger partial charge in [-0.2, -0.15) is 0 Å². The van der Waals surface area contributed by atoms with Crippen LogP contribution in [0.15, 0.2) is 30.4 Å². The van der Waals surface area contributed by atoms with E-state index in [0.717, 1.165) is 0 Å². The smallest absolute Gasteiger partial charge is 0.342 e. The number of phenolic OH excluding ortho intramolecular Hbond substituents is 1. The Hall–Kier alpha value is -2.64. The average molecular weight is 389 g/mol. The Morgan fingerprint density at radius 1 is 1.18 bits per heavy atom. The summed E-state index contributed by atoms with van der Waals surface area (Å²) >= 11 is 0. The molecule has 0 unspecified atom stereocenters. The van der Waals surface area contributed by atoms with Crippen LogP contribution in [0.3, 0.4) is 0 Å². The number of ether oxygens (including phenoxy) is 1. The van der Waals surface area contributed by atoms with Crippen molar-refractivity contribution in [3.8, 4) is 5.75 Å². The Morgan fingerprint density at radius 2 is 1.89 bits per heavy atom. The van der Waals surface area contributed by atoms with Gasteiger partial charge in [-0.1, -0.05) is 25.2 Å². The minimum atomic E-state index is -1.55. The second-order valence-corrected chi connectivity index (χ2v) is 6.87. The van der Waals surface area contributed by atoms with Crippen LogP contribution < -0.4 is 5.32 Å². The molecule has 0 saturated carbocycles. The first-order valence-electron chi connectivity index (χ1n) is 9.31. The van der Waals surface area contributed by atoms with Crippen molar-refractivity contribution >= 4 is 23.5 Å². The van der Waals surface area contributed by atoms with Gasteiger partial charge in [-0.3, -0.25) is 4.79 Å². The van der Waals surface area contributed by atoms with Gasteiger partial charge in [0.15, 0.2) is 5.78 Å². The summed E-state index contributed by atoms with van der Waals surface area (Å²) in [6.45, 7) is 5.96. The largest absolute Gasteiger partial charge is 0.507 e. The number of aliphatic hydroxyl groups is 2. The Bertz CT molecular complexity index is 785. The predicted molar refractivity (Wildman–Crippen MR) is 106 cm³/mol. The molecule has 1 heterocycles. The highest BCUT2D eigenvalue weighted by Crippen LogP contribution is 2.29. The number of phenols is 1. The number of carbonyl (C=O) groups excluding carboxylic acids is 2. The van der Waals surface area contributed by atoms with Crippen LogP contribution in [0.25, 0.3) is 6.08 Å². The molecule has 1 aromatic carbocycles. The van der Waals surface area contributed by atoms with Gasteiger partial charge < -0.3 is 25.4 Å². The summed E-state index contributed by atoms with van der Waals surface area (Å²) in [7, 11) is 0. The fraction of sp³-hybridized carbons (Fsp3) is 0.429. The second-order valence-electron chi connectivity index (χ2n) is 6.87. The number of rotatable bonds is 2. The van der Waals surface area contributed by atoms with Crippen molar-refractivity contribution in [1.82, 2.24) is 0 Å². The van der Waals surface area contributed by atoms with Crippen LogP contribution in [-0.2, 0) is 9.53 Å². The van der Waals surface area contributed by atoms with Gasteiger partial charge in [0.2, 0.25) is 0 Å². The first-order chi connectivity index (χ1) is 13.2. The third-order valence-corrected chi connectivity index (χ3v) is 4.66. The average Bonchev–Trinajstić information content (AvgIpc) is 2.64. The third kappa shape index (κ3) is 5.21.